The van der Waals surface area contributed by atoms with Crippen LogP contribution < -0.4 is 0 Å². The molecule has 0 aliphatic carbocycles. The molecule has 0 saturated heterocycles. The standard InChI is InChI=1S/C11H11ClF3NO/c1-6(2)3-9(17)7-4-10(11(13,14)15)16-5-8(7)12/h4-6H,3H2,1-2H3. The van der Waals surface area contributed by atoms with Crippen molar-refractivity contribution in [2.24, 2.45) is 5.92 Å². The molecule has 1 heterocycles. The van der Waals surface area contributed by atoms with Crippen LogP contribution >= 0.6 is 11.6 Å². The molecular formula is C11H11ClF3NO. The molecule has 0 saturated carbocycles. The van der Waals surface area contributed by atoms with Crippen molar-refractivity contribution in [3.63, 3.8) is 0 Å². The number of carbonyl (C=O) groups is 1. The van der Waals surface area contributed by atoms with Crippen LogP contribution in [-0.2, 0) is 6.18 Å². The molecule has 1 aromatic rings. The minimum Gasteiger partial charge on any atom is -0.294 e. The normalized spacial score (nSPS) is 11.9. The highest BCUT2D eigenvalue weighted by Crippen LogP contribution is 2.30. The fourth-order valence-corrected chi connectivity index (χ4v) is 1.50. The van der Waals surface area contributed by atoms with E-state index in [0.717, 1.165) is 6.20 Å². The van der Waals surface area contributed by atoms with Gasteiger partial charge in [-0.3, -0.25) is 9.78 Å². The Balaban J connectivity index is 3.11. The Morgan fingerprint density at radius 1 is 1.47 bits per heavy atom. The van der Waals surface area contributed by atoms with Gasteiger partial charge in [0.2, 0.25) is 0 Å². The van der Waals surface area contributed by atoms with Gasteiger partial charge in [-0.15, -0.1) is 0 Å². The lowest BCUT2D eigenvalue weighted by Crippen LogP contribution is -2.11. The minimum atomic E-state index is -4.57. The summed E-state index contributed by atoms with van der Waals surface area (Å²) in [5.41, 5.74) is -1.23. The van der Waals surface area contributed by atoms with Crippen molar-refractivity contribution in [3.8, 4) is 0 Å². The van der Waals surface area contributed by atoms with E-state index in [1.165, 1.54) is 0 Å². The summed E-state index contributed by atoms with van der Waals surface area (Å²) in [7, 11) is 0. The summed E-state index contributed by atoms with van der Waals surface area (Å²) in [4.78, 5) is 14.8. The molecule has 0 amide bonds. The maximum Gasteiger partial charge on any atom is 0.433 e. The second kappa shape index (κ2) is 5.04. The Bertz CT molecular complexity index is 429. The lowest BCUT2D eigenvalue weighted by atomic mass is 10.0. The molecule has 0 atom stereocenters. The van der Waals surface area contributed by atoms with E-state index in [1.54, 1.807) is 13.8 Å². The average molecular weight is 266 g/mol. The van der Waals surface area contributed by atoms with Crippen molar-refractivity contribution in [2.45, 2.75) is 26.4 Å². The third-order valence-electron chi connectivity index (χ3n) is 2.04. The number of halogens is 4. The fourth-order valence-electron chi connectivity index (χ4n) is 1.29. The van der Waals surface area contributed by atoms with E-state index in [1.807, 2.05) is 0 Å². The summed E-state index contributed by atoms with van der Waals surface area (Å²) < 4.78 is 37.2. The molecule has 0 fully saturated rings. The van der Waals surface area contributed by atoms with Gasteiger partial charge < -0.3 is 0 Å². The molecule has 0 unspecified atom stereocenters. The number of ketones is 1. The zero-order valence-electron chi connectivity index (χ0n) is 9.31. The molecule has 2 nitrogen and oxygen atoms in total. The van der Waals surface area contributed by atoms with Gasteiger partial charge in [-0.05, 0) is 12.0 Å². The maximum atomic E-state index is 12.4. The Labute approximate surface area is 102 Å². The highest BCUT2D eigenvalue weighted by molar-refractivity contribution is 6.33. The van der Waals surface area contributed by atoms with Crippen LogP contribution in [0.25, 0.3) is 0 Å². The first kappa shape index (κ1) is 14.0. The van der Waals surface area contributed by atoms with Crippen molar-refractivity contribution in [3.05, 3.63) is 28.5 Å². The number of rotatable bonds is 3. The number of aromatic nitrogens is 1. The molecule has 1 aromatic heterocycles. The zero-order valence-corrected chi connectivity index (χ0v) is 10.1. The van der Waals surface area contributed by atoms with E-state index < -0.39 is 17.7 Å². The Hall–Kier alpha value is -1.10. The van der Waals surface area contributed by atoms with Crippen molar-refractivity contribution in [2.75, 3.05) is 0 Å². The second-order valence-corrected chi connectivity index (χ2v) is 4.48. The maximum absolute atomic E-state index is 12.4. The zero-order chi connectivity index (χ0) is 13.2. The third-order valence-corrected chi connectivity index (χ3v) is 2.34. The minimum absolute atomic E-state index is 0.0522. The van der Waals surface area contributed by atoms with Crippen LogP contribution in [0, 0.1) is 5.92 Å². The predicted octanol–water partition coefficient (Wildman–Crippen LogP) is 3.98. The van der Waals surface area contributed by atoms with Gasteiger partial charge in [-0.1, -0.05) is 25.4 Å². The molecule has 0 bridgehead atoms. The smallest absolute Gasteiger partial charge is 0.294 e. The number of hydrogen-bond acceptors (Lipinski definition) is 2. The molecule has 0 N–H and O–H groups in total. The van der Waals surface area contributed by atoms with Gasteiger partial charge in [0, 0.05) is 18.2 Å². The Kier molecular flexibility index (Phi) is 4.14. The van der Waals surface area contributed by atoms with E-state index >= 15 is 0 Å². The molecule has 0 aromatic carbocycles. The van der Waals surface area contributed by atoms with Crippen LogP contribution in [0.15, 0.2) is 12.3 Å². The summed E-state index contributed by atoms with van der Waals surface area (Å²) >= 11 is 5.67. The van der Waals surface area contributed by atoms with E-state index in [0.29, 0.717) is 6.07 Å². The summed E-state index contributed by atoms with van der Waals surface area (Å²) in [6, 6.07) is 0.701. The quantitative estimate of drug-likeness (QED) is 0.774. The molecule has 0 spiro atoms. The van der Waals surface area contributed by atoms with Gasteiger partial charge in [0.1, 0.15) is 5.69 Å². The topological polar surface area (TPSA) is 30.0 Å². The molecule has 0 aliphatic heterocycles. The summed E-state index contributed by atoms with van der Waals surface area (Å²) in [5.74, 6) is -0.348. The summed E-state index contributed by atoms with van der Waals surface area (Å²) in [6.45, 7) is 3.61. The van der Waals surface area contributed by atoms with Crippen LogP contribution in [0.4, 0.5) is 13.2 Å². The van der Waals surface area contributed by atoms with Crippen LogP contribution in [0.1, 0.15) is 36.3 Å². The van der Waals surface area contributed by atoms with Gasteiger partial charge in [-0.2, -0.15) is 13.2 Å². The highest BCUT2D eigenvalue weighted by Gasteiger charge is 2.33. The second-order valence-electron chi connectivity index (χ2n) is 4.07. The van der Waals surface area contributed by atoms with Gasteiger partial charge in [0.15, 0.2) is 5.78 Å². The lowest BCUT2D eigenvalue weighted by molar-refractivity contribution is -0.141. The number of nitrogens with zero attached hydrogens (tertiary/aromatic N) is 1. The SMILES string of the molecule is CC(C)CC(=O)c1cc(C(F)(F)F)ncc1Cl. The van der Waals surface area contributed by atoms with Crippen molar-refractivity contribution in [1.29, 1.82) is 0 Å². The molecule has 6 heteroatoms. The first-order valence-corrected chi connectivity index (χ1v) is 5.35. The number of Topliss-reactive ketones (excluding diaryl/α,β-unsaturated/α-hetero) is 1. The van der Waals surface area contributed by atoms with Gasteiger partial charge in [-0.25, -0.2) is 0 Å². The van der Waals surface area contributed by atoms with Crippen LogP contribution in [0.5, 0.6) is 0 Å². The monoisotopic (exact) mass is 265 g/mol. The van der Waals surface area contributed by atoms with Gasteiger partial charge >= 0.3 is 6.18 Å². The fraction of sp³-hybridized carbons (Fsp3) is 0.455. The van der Waals surface area contributed by atoms with Gasteiger partial charge in [0.05, 0.1) is 5.02 Å². The number of hydrogen-bond donors (Lipinski definition) is 0. The lowest BCUT2D eigenvalue weighted by Gasteiger charge is -2.09. The van der Waals surface area contributed by atoms with Crippen LogP contribution in [-0.4, -0.2) is 10.8 Å². The van der Waals surface area contributed by atoms with E-state index in [4.69, 9.17) is 11.6 Å². The molecule has 94 valence electrons. The summed E-state index contributed by atoms with van der Waals surface area (Å²) in [5, 5.41) is -0.0522. The van der Waals surface area contributed by atoms with Crippen molar-refractivity contribution in [1.82, 2.24) is 4.98 Å². The molecule has 1 rings (SSSR count). The number of carbonyl (C=O) groups excluding carboxylic acids is 1. The highest BCUT2D eigenvalue weighted by atomic mass is 35.5. The molecule has 0 aliphatic rings. The van der Waals surface area contributed by atoms with Gasteiger partial charge in [0.25, 0.3) is 0 Å². The van der Waals surface area contributed by atoms with E-state index in [-0.39, 0.29) is 22.9 Å². The summed E-state index contributed by atoms with van der Waals surface area (Å²) in [6.07, 6.45) is -3.56. The molecular weight excluding hydrogens is 255 g/mol. The molecule has 17 heavy (non-hydrogen) atoms. The number of alkyl halides is 3. The predicted molar refractivity (Wildman–Crippen MR) is 58.0 cm³/mol. The third kappa shape index (κ3) is 3.70. The Morgan fingerprint density at radius 2 is 2.06 bits per heavy atom. The van der Waals surface area contributed by atoms with Crippen LogP contribution in [0.3, 0.4) is 0 Å². The first-order valence-electron chi connectivity index (χ1n) is 4.97. The largest absolute Gasteiger partial charge is 0.433 e. The van der Waals surface area contributed by atoms with E-state index in [2.05, 4.69) is 4.98 Å². The van der Waals surface area contributed by atoms with Crippen molar-refractivity contribution < 1.29 is 18.0 Å². The van der Waals surface area contributed by atoms with Crippen LogP contribution in [0.2, 0.25) is 5.02 Å². The van der Waals surface area contributed by atoms with Crippen molar-refractivity contribution >= 4 is 17.4 Å². The van der Waals surface area contributed by atoms with E-state index in [9.17, 15) is 18.0 Å². The molecule has 0 radical (unpaired) electrons. The average Bonchev–Trinajstić information content (AvgIpc) is 2.15. The number of pyridine rings is 1. The Morgan fingerprint density at radius 3 is 2.53 bits per heavy atom. The first-order chi connectivity index (χ1) is 7.71.